The Morgan fingerprint density at radius 1 is 1.00 bits per heavy atom. The first-order chi connectivity index (χ1) is 22.0. The first kappa shape index (κ1) is 35.8. The maximum absolute atomic E-state index is 13.9. The van der Waals surface area contributed by atoms with E-state index in [1.165, 1.54) is 24.8 Å². The third-order valence-electron chi connectivity index (χ3n) is 8.54. The van der Waals surface area contributed by atoms with Crippen LogP contribution in [0, 0.1) is 11.6 Å². The Morgan fingerprint density at radius 3 is 2.30 bits per heavy atom. The van der Waals surface area contributed by atoms with Crippen LogP contribution in [-0.4, -0.2) is 94.3 Å². The number of rotatable bonds is 11. The van der Waals surface area contributed by atoms with E-state index in [2.05, 4.69) is 59.1 Å². The number of halogens is 2. The molecule has 1 aliphatic rings. The quantitative estimate of drug-likeness (QED) is 0.212. The van der Waals surface area contributed by atoms with E-state index in [4.69, 9.17) is 13.9 Å². The number of nitrogens with zero attached hydrogens (tertiary/aromatic N) is 6. The van der Waals surface area contributed by atoms with Crippen LogP contribution in [0.2, 0.25) is 18.1 Å². The van der Waals surface area contributed by atoms with Crippen LogP contribution in [-0.2, 0) is 9.22 Å². The SMILES string of the molecule is C[C@@H](C(=O)Nc1cnc(Oc2ccc(F)cc2F)cn1)N1CCN(C(=O)c2cnc(OCCO[Si](C)(C)C(C)(C)C)cn2)C(C)(C)C1. The van der Waals surface area contributed by atoms with Crippen molar-refractivity contribution in [2.75, 3.05) is 38.2 Å². The number of piperazine rings is 1. The summed E-state index contributed by atoms with van der Waals surface area (Å²) in [5, 5.41) is 2.83. The summed E-state index contributed by atoms with van der Waals surface area (Å²) >= 11 is 0. The van der Waals surface area contributed by atoms with E-state index in [1.54, 1.807) is 11.8 Å². The van der Waals surface area contributed by atoms with E-state index in [9.17, 15) is 18.4 Å². The van der Waals surface area contributed by atoms with Gasteiger partial charge in [0.05, 0.1) is 43.0 Å². The lowest BCUT2D eigenvalue weighted by atomic mass is 9.97. The predicted octanol–water partition coefficient (Wildman–Crippen LogP) is 5.30. The lowest BCUT2D eigenvalue weighted by Crippen LogP contribution is -2.63. The Bertz CT molecular complexity index is 1550. The molecule has 0 unspecified atom stereocenters. The third-order valence-corrected chi connectivity index (χ3v) is 13.1. The molecule has 1 aromatic carbocycles. The molecule has 4 rings (SSSR count). The number of hydrogen-bond acceptors (Lipinski definition) is 10. The second kappa shape index (κ2) is 14.4. The van der Waals surface area contributed by atoms with Gasteiger partial charge in [0.25, 0.3) is 5.91 Å². The number of carbonyl (C=O) groups is 2. The molecule has 0 aliphatic carbocycles. The van der Waals surface area contributed by atoms with Gasteiger partial charge in [0.1, 0.15) is 18.1 Å². The van der Waals surface area contributed by atoms with E-state index in [-0.39, 0.29) is 40.0 Å². The first-order valence-electron chi connectivity index (χ1n) is 15.4. The van der Waals surface area contributed by atoms with Gasteiger partial charge in [-0.1, -0.05) is 20.8 Å². The van der Waals surface area contributed by atoms with Crippen molar-refractivity contribution in [3.05, 3.63) is 60.3 Å². The van der Waals surface area contributed by atoms with Crippen molar-refractivity contribution in [3.63, 3.8) is 0 Å². The minimum Gasteiger partial charge on any atom is -0.474 e. The molecule has 1 N–H and O–H groups in total. The number of nitrogens with one attached hydrogen (secondary N) is 1. The summed E-state index contributed by atoms with van der Waals surface area (Å²) < 4.78 is 44.1. The van der Waals surface area contributed by atoms with E-state index >= 15 is 0 Å². The highest BCUT2D eigenvalue weighted by atomic mass is 28.4. The minimum atomic E-state index is -1.87. The van der Waals surface area contributed by atoms with Crippen molar-refractivity contribution < 1.29 is 32.3 Å². The molecular weight excluding hydrogens is 628 g/mol. The molecule has 12 nitrogen and oxygen atoms in total. The number of anilines is 1. The van der Waals surface area contributed by atoms with Crippen molar-refractivity contribution >= 4 is 25.9 Å². The van der Waals surface area contributed by atoms with E-state index in [1.807, 2.05) is 18.7 Å². The lowest BCUT2D eigenvalue weighted by Gasteiger charge is -2.48. The van der Waals surface area contributed by atoms with Crippen LogP contribution in [0.25, 0.3) is 0 Å². The van der Waals surface area contributed by atoms with Gasteiger partial charge < -0.3 is 24.1 Å². The maximum Gasteiger partial charge on any atom is 0.274 e. The Labute approximate surface area is 275 Å². The molecule has 3 heterocycles. The number of hydrogen-bond donors (Lipinski definition) is 1. The van der Waals surface area contributed by atoms with Crippen LogP contribution in [0.4, 0.5) is 14.6 Å². The number of ether oxygens (including phenoxy) is 2. The maximum atomic E-state index is 13.9. The molecule has 0 radical (unpaired) electrons. The zero-order valence-corrected chi connectivity index (χ0v) is 29.1. The Kier molecular flexibility index (Phi) is 10.9. The fourth-order valence-electron chi connectivity index (χ4n) is 4.70. The molecule has 15 heteroatoms. The fourth-order valence-corrected chi connectivity index (χ4v) is 5.73. The predicted molar refractivity (Wildman–Crippen MR) is 174 cm³/mol. The smallest absolute Gasteiger partial charge is 0.274 e. The minimum absolute atomic E-state index is 0.0253. The van der Waals surface area contributed by atoms with Gasteiger partial charge in [-0.05, 0) is 51.0 Å². The highest BCUT2D eigenvalue weighted by Gasteiger charge is 2.40. The van der Waals surface area contributed by atoms with Crippen LogP contribution >= 0.6 is 0 Å². The monoisotopic (exact) mass is 671 g/mol. The highest BCUT2D eigenvalue weighted by Crippen LogP contribution is 2.36. The Balaban J connectivity index is 1.27. The summed E-state index contributed by atoms with van der Waals surface area (Å²) in [5.74, 6) is -1.92. The molecule has 2 amide bonds. The van der Waals surface area contributed by atoms with Gasteiger partial charge in [0.15, 0.2) is 25.7 Å². The van der Waals surface area contributed by atoms with Crippen LogP contribution in [0.15, 0.2) is 43.0 Å². The summed E-state index contributed by atoms with van der Waals surface area (Å²) in [6.07, 6.45) is 5.36. The van der Waals surface area contributed by atoms with Crippen LogP contribution < -0.4 is 14.8 Å². The summed E-state index contributed by atoms with van der Waals surface area (Å²) in [5.41, 5.74) is -0.411. The van der Waals surface area contributed by atoms with E-state index < -0.39 is 31.5 Å². The number of benzene rings is 1. The molecule has 2 aromatic heterocycles. The summed E-state index contributed by atoms with van der Waals surface area (Å²) in [6.45, 7) is 18.6. The van der Waals surface area contributed by atoms with Gasteiger partial charge in [-0.15, -0.1) is 0 Å². The van der Waals surface area contributed by atoms with E-state index in [0.29, 0.717) is 44.8 Å². The summed E-state index contributed by atoms with van der Waals surface area (Å²) in [4.78, 5) is 47.0. The van der Waals surface area contributed by atoms with Gasteiger partial charge in [-0.25, -0.2) is 28.7 Å². The Morgan fingerprint density at radius 2 is 1.70 bits per heavy atom. The number of carbonyl (C=O) groups excluding carboxylic acids is 2. The van der Waals surface area contributed by atoms with Crippen molar-refractivity contribution in [1.29, 1.82) is 0 Å². The molecule has 47 heavy (non-hydrogen) atoms. The average molecular weight is 672 g/mol. The van der Waals surface area contributed by atoms with Crippen molar-refractivity contribution in [2.24, 2.45) is 0 Å². The third kappa shape index (κ3) is 9.05. The van der Waals surface area contributed by atoms with Crippen LogP contribution in [0.1, 0.15) is 52.0 Å². The molecular formula is C32H43F2N7O5Si. The molecule has 0 bridgehead atoms. The fraction of sp³-hybridized carbons (Fsp3) is 0.500. The summed E-state index contributed by atoms with van der Waals surface area (Å²) in [6, 6.07) is 2.36. The second-order valence-corrected chi connectivity index (χ2v) is 18.3. The summed E-state index contributed by atoms with van der Waals surface area (Å²) in [7, 11) is -1.87. The highest BCUT2D eigenvalue weighted by molar-refractivity contribution is 6.74. The molecule has 1 fully saturated rings. The van der Waals surface area contributed by atoms with Crippen molar-refractivity contribution in [1.82, 2.24) is 29.7 Å². The second-order valence-electron chi connectivity index (χ2n) is 13.5. The normalized spacial score (nSPS) is 16.0. The largest absolute Gasteiger partial charge is 0.474 e. The first-order valence-corrected chi connectivity index (χ1v) is 18.3. The van der Waals surface area contributed by atoms with Gasteiger partial charge in [-0.2, -0.15) is 0 Å². The van der Waals surface area contributed by atoms with E-state index in [0.717, 1.165) is 12.1 Å². The molecule has 254 valence electrons. The van der Waals surface area contributed by atoms with Crippen LogP contribution in [0.3, 0.4) is 0 Å². The zero-order valence-electron chi connectivity index (χ0n) is 28.1. The number of amides is 2. The van der Waals surface area contributed by atoms with Gasteiger partial charge in [0, 0.05) is 25.7 Å². The molecule has 1 atom stereocenters. The van der Waals surface area contributed by atoms with Crippen molar-refractivity contribution in [2.45, 2.75) is 71.3 Å². The van der Waals surface area contributed by atoms with Crippen molar-refractivity contribution in [3.8, 4) is 17.5 Å². The number of aromatic nitrogens is 4. The molecule has 0 spiro atoms. The molecule has 1 aliphatic heterocycles. The Hall–Kier alpha value is -4.08. The topological polar surface area (TPSA) is 132 Å². The van der Waals surface area contributed by atoms with Gasteiger partial charge in [0.2, 0.25) is 17.7 Å². The molecule has 3 aromatic rings. The van der Waals surface area contributed by atoms with Crippen LogP contribution in [0.5, 0.6) is 17.5 Å². The average Bonchev–Trinajstić information content (AvgIpc) is 3.00. The zero-order chi connectivity index (χ0) is 34.6. The standard InChI is InChI=1S/C32H43F2N7O5Si/c1-21(29(42)39-26-17-38-28(19-36-26)46-25-10-9-22(33)15-23(25)34)40-11-12-41(32(5,6)20-40)30(43)24-16-37-27(18-35-24)44-13-14-45-47(7,8)31(2,3)4/h9-10,15-19,21H,11-14,20H2,1-8H3,(H,36,39,42)/t21-/m0/s1. The van der Waals surface area contributed by atoms with Gasteiger partial charge in [-0.3, -0.25) is 14.5 Å². The lowest BCUT2D eigenvalue weighted by molar-refractivity contribution is -0.122. The van der Waals surface area contributed by atoms with Gasteiger partial charge >= 0.3 is 0 Å². The molecule has 0 saturated carbocycles. The molecule has 1 saturated heterocycles.